The lowest BCUT2D eigenvalue weighted by molar-refractivity contribution is -0.137. The zero-order valence-electron chi connectivity index (χ0n) is 10.4. The molecular weight excluding hydrogens is 269 g/mol. The van der Waals surface area contributed by atoms with Gasteiger partial charge in [0.1, 0.15) is 0 Å². The summed E-state index contributed by atoms with van der Waals surface area (Å²) >= 11 is 0. The lowest BCUT2D eigenvalue weighted by atomic mass is 10.1. The second-order valence-corrected chi connectivity index (χ2v) is 4.64. The van der Waals surface area contributed by atoms with Gasteiger partial charge in [-0.2, -0.15) is 13.2 Å². The fourth-order valence-corrected chi connectivity index (χ4v) is 2.21. The third-order valence-electron chi connectivity index (χ3n) is 3.26. The van der Waals surface area contributed by atoms with Crippen molar-refractivity contribution in [1.29, 1.82) is 0 Å². The highest BCUT2D eigenvalue weighted by atomic mass is 19.4. The summed E-state index contributed by atoms with van der Waals surface area (Å²) in [5.41, 5.74) is 1.86. The van der Waals surface area contributed by atoms with Gasteiger partial charge in [0.25, 0.3) is 5.88 Å². The van der Waals surface area contributed by atoms with Crippen LogP contribution in [0, 0.1) is 0 Å². The molecule has 0 unspecified atom stereocenters. The van der Waals surface area contributed by atoms with Crippen LogP contribution in [0.25, 0.3) is 0 Å². The molecule has 0 spiro atoms. The topological polar surface area (TPSA) is 38.4 Å². The standard InChI is InChI=1S/C14H11F3N2O/c15-14(16,17)10-6-4-9(5-7-10)8-18-13-11-2-1-3-12(11)19-20-13/h4-8H,1-3H2/b18-8-. The Morgan fingerprint density at radius 2 is 1.90 bits per heavy atom. The minimum absolute atomic E-state index is 0.456. The number of hydrogen-bond donors (Lipinski definition) is 0. The van der Waals surface area contributed by atoms with E-state index >= 15 is 0 Å². The largest absolute Gasteiger partial charge is 0.416 e. The summed E-state index contributed by atoms with van der Waals surface area (Å²) in [4.78, 5) is 4.16. The van der Waals surface area contributed by atoms with E-state index < -0.39 is 11.7 Å². The van der Waals surface area contributed by atoms with Crippen LogP contribution in [-0.2, 0) is 19.0 Å². The second-order valence-electron chi connectivity index (χ2n) is 4.64. The van der Waals surface area contributed by atoms with Crippen molar-refractivity contribution in [3.8, 4) is 0 Å². The van der Waals surface area contributed by atoms with Crippen molar-refractivity contribution in [2.75, 3.05) is 0 Å². The molecule has 0 atom stereocenters. The maximum atomic E-state index is 12.4. The Bertz CT molecular complexity index is 641. The fourth-order valence-electron chi connectivity index (χ4n) is 2.21. The Kier molecular flexibility index (Phi) is 3.08. The van der Waals surface area contributed by atoms with Crippen molar-refractivity contribution in [1.82, 2.24) is 5.16 Å². The number of aromatic nitrogens is 1. The van der Waals surface area contributed by atoms with E-state index in [-0.39, 0.29) is 0 Å². The quantitative estimate of drug-likeness (QED) is 0.782. The Labute approximate surface area is 113 Å². The molecule has 0 N–H and O–H groups in total. The molecule has 0 saturated heterocycles. The van der Waals surface area contributed by atoms with Crippen LogP contribution in [0.4, 0.5) is 19.1 Å². The molecule has 0 fully saturated rings. The molecule has 6 heteroatoms. The minimum atomic E-state index is -4.32. The zero-order valence-corrected chi connectivity index (χ0v) is 10.4. The average molecular weight is 280 g/mol. The van der Waals surface area contributed by atoms with Crippen LogP contribution in [0.2, 0.25) is 0 Å². The molecule has 0 radical (unpaired) electrons. The van der Waals surface area contributed by atoms with Crippen molar-refractivity contribution in [2.45, 2.75) is 25.4 Å². The molecule has 1 aromatic heterocycles. The Hall–Kier alpha value is -2.11. The summed E-state index contributed by atoms with van der Waals surface area (Å²) in [6.45, 7) is 0. The fraction of sp³-hybridized carbons (Fsp3) is 0.286. The summed E-state index contributed by atoms with van der Waals surface area (Å²) in [7, 11) is 0. The third-order valence-corrected chi connectivity index (χ3v) is 3.26. The number of fused-ring (bicyclic) bond motifs is 1. The summed E-state index contributed by atoms with van der Waals surface area (Å²) in [6.07, 6.45) is -0.00925. The van der Waals surface area contributed by atoms with Gasteiger partial charge in [-0.05, 0) is 37.0 Å². The highest BCUT2D eigenvalue weighted by molar-refractivity contribution is 5.81. The molecule has 1 aromatic carbocycles. The number of alkyl halides is 3. The number of nitrogens with zero attached hydrogens (tertiary/aromatic N) is 2. The van der Waals surface area contributed by atoms with Gasteiger partial charge in [-0.25, -0.2) is 4.99 Å². The first-order valence-electron chi connectivity index (χ1n) is 6.23. The van der Waals surface area contributed by atoms with E-state index in [1.54, 1.807) is 0 Å². The van der Waals surface area contributed by atoms with E-state index in [0.717, 1.165) is 42.7 Å². The Morgan fingerprint density at radius 3 is 2.60 bits per heavy atom. The van der Waals surface area contributed by atoms with Crippen molar-refractivity contribution in [2.24, 2.45) is 4.99 Å². The first kappa shape index (κ1) is 12.9. The first-order valence-corrected chi connectivity index (χ1v) is 6.23. The van der Waals surface area contributed by atoms with Crippen LogP contribution < -0.4 is 0 Å². The van der Waals surface area contributed by atoms with E-state index in [1.165, 1.54) is 18.3 Å². The maximum Gasteiger partial charge on any atom is 0.416 e. The summed E-state index contributed by atoms with van der Waals surface area (Å²) in [5.74, 6) is 0.456. The molecule has 104 valence electrons. The van der Waals surface area contributed by atoms with Crippen LogP contribution in [0.1, 0.15) is 28.8 Å². The van der Waals surface area contributed by atoms with Crippen LogP contribution in [-0.4, -0.2) is 11.4 Å². The molecule has 0 bridgehead atoms. The van der Waals surface area contributed by atoms with Gasteiger partial charge in [0.05, 0.1) is 11.3 Å². The van der Waals surface area contributed by atoms with Gasteiger partial charge in [-0.15, -0.1) is 0 Å². The molecule has 20 heavy (non-hydrogen) atoms. The normalized spacial score (nSPS) is 14.9. The molecule has 3 rings (SSSR count). The maximum absolute atomic E-state index is 12.4. The highest BCUT2D eigenvalue weighted by Gasteiger charge is 2.29. The second kappa shape index (κ2) is 4.77. The number of aliphatic imine (C=N–C) groups is 1. The number of aryl methyl sites for hydroxylation is 1. The number of hydrogen-bond acceptors (Lipinski definition) is 3. The van der Waals surface area contributed by atoms with E-state index in [0.29, 0.717) is 11.4 Å². The van der Waals surface area contributed by atoms with Gasteiger partial charge in [0.15, 0.2) is 0 Å². The van der Waals surface area contributed by atoms with Crippen molar-refractivity contribution in [3.63, 3.8) is 0 Å². The lowest BCUT2D eigenvalue weighted by Gasteiger charge is -2.05. The zero-order chi connectivity index (χ0) is 14.2. The van der Waals surface area contributed by atoms with Crippen molar-refractivity contribution in [3.05, 3.63) is 46.6 Å². The molecule has 0 aliphatic heterocycles. The molecule has 0 saturated carbocycles. The first-order chi connectivity index (χ1) is 9.54. The summed E-state index contributed by atoms with van der Waals surface area (Å²) in [5, 5.41) is 3.92. The van der Waals surface area contributed by atoms with Gasteiger partial charge < -0.3 is 4.52 Å². The van der Waals surface area contributed by atoms with E-state index in [1.807, 2.05) is 0 Å². The molecule has 3 nitrogen and oxygen atoms in total. The van der Waals surface area contributed by atoms with Gasteiger partial charge >= 0.3 is 6.18 Å². The SMILES string of the molecule is FC(F)(F)c1ccc(/C=N\c2onc3c2CCC3)cc1. The monoisotopic (exact) mass is 280 g/mol. The number of benzene rings is 1. The van der Waals surface area contributed by atoms with Crippen LogP contribution in [0.15, 0.2) is 33.8 Å². The van der Waals surface area contributed by atoms with Gasteiger partial charge in [-0.1, -0.05) is 17.3 Å². The molecular formula is C14H11F3N2O. The summed E-state index contributed by atoms with van der Waals surface area (Å²) < 4.78 is 42.4. The van der Waals surface area contributed by atoms with Crippen molar-refractivity contribution >= 4 is 12.1 Å². The number of halogens is 3. The summed E-state index contributed by atoms with van der Waals surface area (Å²) in [6, 6.07) is 4.82. The van der Waals surface area contributed by atoms with Crippen LogP contribution >= 0.6 is 0 Å². The van der Waals surface area contributed by atoms with Gasteiger partial charge in [0, 0.05) is 11.8 Å². The third kappa shape index (κ3) is 2.45. The predicted molar refractivity (Wildman–Crippen MR) is 67.2 cm³/mol. The molecule has 0 amide bonds. The smallest absolute Gasteiger partial charge is 0.336 e. The van der Waals surface area contributed by atoms with E-state index in [2.05, 4.69) is 10.1 Å². The minimum Gasteiger partial charge on any atom is -0.336 e. The van der Waals surface area contributed by atoms with Gasteiger partial charge in [0.2, 0.25) is 0 Å². The number of rotatable bonds is 2. The van der Waals surface area contributed by atoms with E-state index in [9.17, 15) is 13.2 Å². The molecule has 1 heterocycles. The van der Waals surface area contributed by atoms with Crippen LogP contribution in [0.3, 0.4) is 0 Å². The average Bonchev–Trinajstić information content (AvgIpc) is 2.99. The predicted octanol–water partition coefficient (Wildman–Crippen LogP) is 3.93. The molecule has 1 aliphatic rings. The lowest BCUT2D eigenvalue weighted by Crippen LogP contribution is -2.04. The van der Waals surface area contributed by atoms with Crippen LogP contribution in [0.5, 0.6) is 0 Å². The van der Waals surface area contributed by atoms with Gasteiger partial charge in [-0.3, -0.25) is 0 Å². The Balaban J connectivity index is 1.79. The van der Waals surface area contributed by atoms with Crippen molar-refractivity contribution < 1.29 is 17.7 Å². The Morgan fingerprint density at radius 1 is 1.15 bits per heavy atom. The van der Waals surface area contributed by atoms with E-state index in [4.69, 9.17) is 4.52 Å². The molecule has 1 aliphatic carbocycles. The highest BCUT2D eigenvalue weighted by Crippen LogP contribution is 2.31. The molecule has 2 aromatic rings.